The van der Waals surface area contributed by atoms with E-state index in [9.17, 15) is 20.4 Å². The maximum Gasteiger partial charge on any atom is 0.0658 e. The van der Waals surface area contributed by atoms with Crippen LogP contribution in [-0.2, 0) is 0 Å². The molecule has 4 heteroatoms. The van der Waals surface area contributed by atoms with Gasteiger partial charge in [-0.2, -0.15) is 0 Å². The van der Waals surface area contributed by atoms with Crippen LogP contribution in [0, 0.1) is 46.3 Å². The van der Waals surface area contributed by atoms with Gasteiger partial charge in [-0.05, 0) is 85.9 Å². The van der Waals surface area contributed by atoms with Gasteiger partial charge in [0, 0.05) is 11.8 Å². The van der Waals surface area contributed by atoms with E-state index in [1.54, 1.807) is 0 Å². The van der Waals surface area contributed by atoms with E-state index in [4.69, 9.17) is 0 Å². The summed E-state index contributed by atoms with van der Waals surface area (Å²) in [6.45, 7) is 11.2. The van der Waals surface area contributed by atoms with Crippen molar-refractivity contribution in [1.82, 2.24) is 0 Å². The first-order valence-corrected chi connectivity index (χ1v) is 12.9. The molecule has 4 unspecified atom stereocenters. The number of rotatable bonds is 5. The molecule has 4 aliphatic rings. The Hall–Kier alpha value is -0.420. The molecule has 31 heavy (non-hydrogen) atoms. The Bertz CT molecular complexity index is 689. The lowest BCUT2D eigenvalue weighted by molar-refractivity contribution is -0.113. The minimum absolute atomic E-state index is 0.0413. The molecular weight excluding hydrogens is 388 g/mol. The first kappa shape index (κ1) is 23.7. The summed E-state index contributed by atoms with van der Waals surface area (Å²) in [7, 11) is 0. The molecule has 0 amide bonds. The van der Waals surface area contributed by atoms with Gasteiger partial charge in [0.25, 0.3) is 0 Å². The summed E-state index contributed by atoms with van der Waals surface area (Å²) < 4.78 is 0. The van der Waals surface area contributed by atoms with E-state index in [0.717, 1.165) is 38.5 Å². The summed E-state index contributed by atoms with van der Waals surface area (Å²) in [6.07, 6.45) is 7.65. The van der Waals surface area contributed by atoms with Gasteiger partial charge in [0.05, 0.1) is 24.4 Å². The molecular formula is C27H46O4. The van der Waals surface area contributed by atoms with Gasteiger partial charge >= 0.3 is 0 Å². The largest absolute Gasteiger partial charge is 0.393 e. The Morgan fingerprint density at radius 3 is 2.42 bits per heavy atom. The highest BCUT2D eigenvalue weighted by atomic mass is 16.3. The van der Waals surface area contributed by atoms with Crippen LogP contribution >= 0.6 is 0 Å². The number of aliphatic hydroxyl groups excluding tert-OH is 4. The third-order valence-corrected chi connectivity index (χ3v) is 10.5. The first-order chi connectivity index (χ1) is 14.5. The molecule has 0 spiro atoms. The lowest BCUT2D eigenvalue weighted by Crippen LogP contribution is -2.56. The normalized spacial score (nSPS) is 49.1. The average Bonchev–Trinajstić information content (AvgIpc) is 2.96. The number of aliphatic hydroxyl groups is 4. The molecule has 4 rings (SSSR count). The third-order valence-electron chi connectivity index (χ3n) is 10.5. The molecule has 0 bridgehead atoms. The summed E-state index contributed by atoms with van der Waals surface area (Å²) in [5.74, 6) is 2.13. The average molecular weight is 435 g/mol. The molecule has 0 aliphatic heterocycles. The summed E-state index contributed by atoms with van der Waals surface area (Å²) in [6, 6.07) is 0. The summed E-state index contributed by atoms with van der Waals surface area (Å²) >= 11 is 0. The standard InChI is InChI=1S/C27H46O4/c1-15(2)6-9-22(29)16(3)25-23(30)14-21-19-8-7-17-12-18(28)13-24(31)27(17,5)20(19)10-11-26(21,25)4/h7,15-16,18-25,28-31H,6,8-14H2,1-5H3/t16-,18?,19-,20+,21+,22?,23?,24?,25+,26+,27+/m1/s1. The molecule has 11 atom stereocenters. The molecule has 0 heterocycles. The van der Waals surface area contributed by atoms with Crippen molar-refractivity contribution in [1.29, 1.82) is 0 Å². The second-order valence-corrected chi connectivity index (χ2v) is 12.5. The number of hydrogen-bond donors (Lipinski definition) is 4. The minimum Gasteiger partial charge on any atom is -0.393 e. The minimum atomic E-state index is -0.487. The highest BCUT2D eigenvalue weighted by Gasteiger charge is 2.63. The predicted octanol–water partition coefficient (Wildman–Crippen LogP) is 4.30. The zero-order valence-corrected chi connectivity index (χ0v) is 20.3. The van der Waals surface area contributed by atoms with E-state index in [1.807, 2.05) is 0 Å². The Morgan fingerprint density at radius 1 is 1.03 bits per heavy atom. The Balaban J connectivity index is 1.58. The predicted molar refractivity (Wildman–Crippen MR) is 123 cm³/mol. The number of fused-ring (bicyclic) bond motifs is 5. The summed E-state index contributed by atoms with van der Waals surface area (Å²) in [4.78, 5) is 0. The van der Waals surface area contributed by atoms with E-state index >= 15 is 0 Å². The van der Waals surface area contributed by atoms with E-state index < -0.39 is 12.2 Å². The highest BCUT2D eigenvalue weighted by molar-refractivity contribution is 5.28. The lowest BCUT2D eigenvalue weighted by Gasteiger charge is -2.59. The van der Waals surface area contributed by atoms with Gasteiger partial charge < -0.3 is 20.4 Å². The Kier molecular flexibility index (Phi) is 6.44. The monoisotopic (exact) mass is 434 g/mol. The topological polar surface area (TPSA) is 80.9 Å². The Labute approximate surface area is 189 Å². The summed E-state index contributed by atoms with van der Waals surface area (Å²) in [5, 5.41) is 43.5. The van der Waals surface area contributed by atoms with Crippen molar-refractivity contribution < 1.29 is 20.4 Å². The van der Waals surface area contributed by atoms with Crippen molar-refractivity contribution in [3.8, 4) is 0 Å². The van der Waals surface area contributed by atoms with Gasteiger partial charge in [-0.1, -0.05) is 46.3 Å². The van der Waals surface area contributed by atoms with Crippen molar-refractivity contribution in [3.63, 3.8) is 0 Å². The van der Waals surface area contributed by atoms with Crippen molar-refractivity contribution in [2.45, 2.75) is 110 Å². The van der Waals surface area contributed by atoms with Crippen molar-refractivity contribution in [2.24, 2.45) is 46.3 Å². The van der Waals surface area contributed by atoms with Crippen LogP contribution in [0.3, 0.4) is 0 Å². The molecule has 3 fully saturated rings. The lowest BCUT2D eigenvalue weighted by atomic mass is 9.46. The molecule has 0 aromatic heterocycles. The molecule has 4 N–H and O–H groups in total. The van der Waals surface area contributed by atoms with E-state index in [0.29, 0.717) is 36.5 Å². The van der Waals surface area contributed by atoms with E-state index in [2.05, 4.69) is 40.7 Å². The fourth-order valence-corrected chi connectivity index (χ4v) is 8.71. The van der Waals surface area contributed by atoms with Crippen LogP contribution in [0.4, 0.5) is 0 Å². The fraction of sp³-hybridized carbons (Fsp3) is 0.926. The zero-order valence-electron chi connectivity index (χ0n) is 20.3. The van der Waals surface area contributed by atoms with Crippen molar-refractivity contribution >= 4 is 0 Å². The fourth-order valence-electron chi connectivity index (χ4n) is 8.71. The van der Waals surface area contributed by atoms with Crippen LogP contribution in [0.1, 0.15) is 86.0 Å². The third kappa shape index (κ3) is 3.74. The van der Waals surface area contributed by atoms with Gasteiger partial charge in [0.2, 0.25) is 0 Å². The van der Waals surface area contributed by atoms with Crippen LogP contribution in [-0.4, -0.2) is 44.8 Å². The SMILES string of the molecule is CC(C)CCC(O)[C@@H](C)[C@H]1C(O)C[C@H]2[C@@H]3CC=C4CC(O)CC(O)[C@]4(C)[C@H]3CC[C@]12C. The molecule has 178 valence electrons. The molecule has 0 aromatic carbocycles. The van der Waals surface area contributed by atoms with Crippen LogP contribution in [0.5, 0.6) is 0 Å². The zero-order chi connectivity index (χ0) is 22.7. The van der Waals surface area contributed by atoms with Gasteiger partial charge in [0.15, 0.2) is 0 Å². The summed E-state index contributed by atoms with van der Waals surface area (Å²) in [5.41, 5.74) is 1.06. The van der Waals surface area contributed by atoms with Gasteiger partial charge in [-0.3, -0.25) is 0 Å². The van der Waals surface area contributed by atoms with Crippen LogP contribution in [0.15, 0.2) is 11.6 Å². The van der Waals surface area contributed by atoms with Gasteiger partial charge in [-0.25, -0.2) is 0 Å². The molecule has 0 saturated heterocycles. The van der Waals surface area contributed by atoms with Crippen molar-refractivity contribution in [2.75, 3.05) is 0 Å². The second kappa shape index (κ2) is 8.42. The van der Waals surface area contributed by atoms with Gasteiger partial charge in [0.1, 0.15) is 0 Å². The van der Waals surface area contributed by atoms with E-state index in [-0.39, 0.29) is 34.9 Å². The van der Waals surface area contributed by atoms with Crippen LogP contribution in [0.2, 0.25) is 0 Å². The molecule has 0 aromatic rings. The molecule has 4 nitrogen and oxygen atoms in total. The van der Waals surface area contributed by atoms with Crippen molar-refractivity contribution in [3.05, 3.63) is 11.6 Å². The van der Waals surface area contributed by atoms with Gasteiger partial charge in [-0.15, -0.1) is 0 Å². The number of hydrogen-bond acceptors (Lipinski definition) is 4. The smallest absolute Gasteiger partial charge is 0.0658 e. The highest BCUT2D eigenvalue weighted by Crippen LogP contribution is 2.67. The molecule has 3 saturated carbocycles. The molecule has 4 aliphatic carbocycles. The maximum atomic E-state index is 11.2. The van der Waals surface area contributed by atoms with Crippen LogP contribution < -0.4 is 0 Å². The van der Waals surface area contributed by atoms with E-state index in [1.165, 1.54) is 5.57 Å². The first-order valence-electron chi connectivity index (χ1n) is 12.9. The molecule has 0 radical (unpaired) electrons. The second-order valence-electron chi connectivity index (χ2n) is 12.5. The number of allylic oxidation sites excluding steroid dienone is 1. The Morgan fingerprint density at radius 2 is 1.74 bits per heavy atom. The van der Waals surface area contributed by atoms with Crippen LogP contribution in [0.25, 0.3) is 0 Å². The maximum absolute atomic E-state index is 11.2. The quantitative estimate of drug-likeness (QED) is 0.486.